The fourth-order valence-electron chi connectivity index (χ4n) is 3.21. The van der Waals surface area contributed by atoms with Crippen molar-refractivity contribution in [1.82, 2.24) is 0 Å². The van der Waals surface area contributed by atoms with E-state index in [0.29, 0.717) is 5.92 Å². The maximum absolute atomic E-state index is 3.79. The molecule has 0 amide bonds. The van der Waals surface area contributed by atoms with E-state index in [1.807, 2.05) is 0 Å². The summed E-state index contributed by atoms with van der Waals surface area (Å²) in [6.07, 6.45) is 8.20. The fourth-order valence-corrected chi connectivity index (χ4v) is 3.77. The average molecular weight is 341 g/mol. The smallest absolute Gasteiger partial charge is 0.0257 e. The molecule has 1 aliphatic carbocycles. The highest BCUT2D eigenvalue weighted by Crippen LogP contribution is 2.43. The van der Waals surface area contributed by atoms with Crippen molar-refractivity contribution in [2.45, 2.75) is 39.0 Å². The molecule has 0 bridgehead atoms. The van der Waals surface area contributed by atoms with Gasteiger partial charge in [0.2, 0.25) is 0 Å². The van der Waals surface area contributed by atoms with Crippen LogP contribution in [-0.2, 0) is 6.42 Å². The Balaban J connectivity index is 2.16. The minimum Gasteiger partial charge on any atom is -0.0766 e. The van der Waals surface area contributed by atoms with Gasteiger partial charge in [-0.1, -0.05) is 78.7 Å². The van der Waals surface area contributed by atoms with E-state index in [9.17, 15) is 0 Å². The highest BCUT2D eigenvalue weighted by atomic mass is 79.9. The SMILES string of the molecule is CCCCc1ccccc1-c1c(Br)ccc2c1C(C)C=C2. The third-order valence-corrected chi connectivity index (χ3v) is 5.00. The molecule has 0 saturated heterocycles. The summed E-state index contributed by atoms with van der Waals surface area (Å²) in [5, 5.41) is 0. The lowest BCUT2D eigenvalue weighted by Gasteiger charge is -2.18. The normalized spacial score (nSPS) is 16.2. The first-order valence-corrected chi connectivity index (χ1v) is 8.60. The van der Waals surface area contributed by atoms with Gasteiger partial charge in [-0.3, -0.25) is 0 Å². The number of unbranched alkanes of at least 4 members (excludes halogenated alkanes) is 1. The second-order valence-corrected chi connectivity index (χ2v) is 6.69. The molecule has 0 heterocycles. The molecule has 21 heavy (non-hydrogen) atoms. The second-order valence-electron chi connectivity index (χ2n) is 5.83. The van der Waals surface area contributed by atoms with Crippen LogP contribution < -0.4 is 0 Å². The van der Waals surface area contributed by atoms with E-state index < -0.39 is 0 Å². The maximum Gasteiger partial charge on any atom is 0.0257 e. The minimum atomic E-state index is 0.492. The van der Waals surface area contributed by atoms with Crippen LogP contribution in [0.3, 0.4) is 0 Å². The number of hydrogen-bond donors (Lipinski definition) is 0. The van der Waals surface area contributed by atoms with Crippen molar-refractivity contribution in [2.75, 3.05) is 0 Å². The lowest BCUT2D eigenvalue weighted by Crippen LogP contribution is -1.98. The molecule has 0 aliphatic heterocycles. The Kier molecular flexibility index (Phi) is 4.30. The van der Waals surface area contributed by atoms with Crippen LogP contribution in [0.5, 0.6) is 0 Å². The van der Waals surface area contributed by atoms with Crippen LogP contribution in [0.2, 0.25) is 0 Å². The molecule has 3 rings (SSSR count). The van der Waals surface area contributed by atoms with Crippen LogP contribution in [0.1, 0.15) is 49.3 Å². The Morgan fingerprint density at radius 3 is 2.71 bits per heavy atom. The van der Waals surface area contributed by atoms with Crippen molar-refractivity contribution < 1.29 is 0 Å². The third-order valence-electron chi connectivity index (χ3n) is 4.33. The molecule has 108 valence electrons. The molecule has 2 aromatic rings. The number of aryl methyl sites for hydroxylation is 1. The van der Waals surface area contributed by atoms with Crippen LogP contribution in [0.4, 0.5) is 0 Å². The molecular formula is C20H21Br. The average Bonchev–Trinajstić information content (AvgIpc) is 2.87. The zero-order valence-electron chi connectivity index (χ0n) is 12.7. The molecule has 0 spiro atoms. The number of halogens is 1. The molecular weight excluding hydrogens is 320 g/mol. The first kappa shape index (κ1) is 14.6. The number of hydrogen-bond acceptors (Lipinski definition) is 0. The molecule has 0 aromatic heterocycles. The quantitative estimate of drug-likeness (QED) is 0.588. The van der Waals surface area contributed by atoms with Crippen molar-refractivity contribution in [3.05, 3.63) is 63.6 Å². The van der Waals surface area contributed by atoms with E-state index in [2.05, 4.69) is 78.3 Å². The standard InChI is InChI=1S/C20H21Br/c1-3-4-7-15-8-5-6-9-17(15)20-18(21)13-12-16-11-10-14(2)19(16)20/h5-6,8-14H,3-4,7H2,1-2H3. The molecule has 1 atom stereocenters. The molecule has 1 unspecified atom stereocenters. The van der Waals surface area contributed by atoms with E-state index in [4.69, 9.17) is 0 Å². The van der Waals surface area contributed by atoms with Gasteiger partial charge < -0.3 is 0 Å². The zero-order valence-corrected chi connectivity index (χ0v) is 14.3. The summed E-state index contributed by atoms with van der Waals surface area (Å²) in [6.45, 7) is 4.54. The van der Waals surface area contributed by atoms with Gasteiger partial charge in [-0.05, 0) is 41.2 Å². The molecule has 0 radical (unpaired) electrons. The monoisotopic (exact) mass is 340 g/mol. The van der Waals surface area contributed by atoms with Crippen LogP contribution >= 0.6 is 15.9 Å². The van der Waals surface area contributed by atoms with Gasteiger partial charge in [0.15, 0.2) is 0 Å². The van der Waals surface area contributed by atoms with Gasteiger partial charge in [0, 0.05) is 16.0 Å². The van der Waals surface area contributed by atoms with E-state index in [1.54, 1.807) is 0 Å². The molecule has 0 nitrogen and oxygen atoms in total. The summed E-state index contributed by atoms with van der Waals surface area (Å²) < 4.78 is 1.21. The van der Waals surface area contributed by atoms with Crippen LogP contribution in [0.25, 0.3) is 17.2 Å². The number of benzene rings is 2. The topological polar surface area (TPSA) is 0 Å². The van der Waals surface area contributed by atoms with Gasteiger partial charge in [0.1, 0.15) is 0 Å². The molecule has 1 aliphatic rings. The van der Waals surface area contributed by atoms with Crippen molar-refractivity contribution >= 4 is 22.0 Å². The summed E-state index contributed by atoms with van der Waals surface area (Å²) >= 11 is 3.79. The second kappa shape index (κ2) is 6.19. The lowest BCUT2D eigenvalue weighted by molar-refractivity contribution is 0.796. The summed E-state index contributed by atoms with van der Waals surface area (Å²) in [4.78, 5) is 0. The van der Waals surface area contributed by atoms with Crippen molar-refractivity contribution in [2.24, 2.45) is 0 Å². The molecule has 2 aromatic carbocycles. The highest BCUT2D eigenvalue weighted by molar-refractivity contribution is 9.10. The maximum atomic E-state index is 3.79. The minimum absolute atomic E-state index is 0.492. The lowest BCUT2D eigenvalue weighted by atomic mass is 9.88. The molecule has 1 heteroatoms. The first-order chi connectivity index (χ1) is 10.2. The fraction of sp³-hybridized carbons (Fsp3) is 0.300. The molecule has 0 fully saturated rings. The van der Waals surface area contributed by atoms with Gasteiger partial charge in [0.25, 0.3) is 0 Å². The highest BCUT2D eigenvalue weighted by Gasteiger charge is 2.21. The largest absolute Gasteiger partial charge is 0.0766 e. The van der Waals surface area contributed by atoms with E-state index in [1.165, 1.54) is 45.1 Å². The van der Waals surface area contributed by atoms with Gasteiger partial charge >= 0.3 is 0 Å². The number of rotatable bonds is 4. The Morgan fingerprint density at radius 2 is 1.90 bits per heavy atom. The van der Waals surface area contributed by atoms with E-state index >= 15 is 0 Å². The zero-order chi connectivity index (χ0) is 14.8. The Labute approximate surface area is 136 Å². The summed E-state index contributed by atoms with van der Waals surface area (Å²) in [5.74, 6) is 0.492. The van der Waals surface area contributed by atoms with Crippen LogP contribution in [0, 0.1) is 0 Å². The first-order valence-electron chi connectivity index (χ1n) is 7.81. The van der Waals surface area contributed by atoms with Gasteiger partial charge in [-0.25, -0.2) is 0 Å². The van der Waals surface area contributed by atoms with Crippen molar-refractivity contribution in [3.63, 3.8) is 0 Å². The van der Waals surface area contributed by atoms with Gasteiger partial charge in [-0.15, -0.1) is 0 Å². The predicted molar refractivity (Wildman–Crippen MR) is 95.6 cm³/mol. The molecule has 0 N–H and O–H groups in total. The van der Waals surface area contributed by atoms with Crippen molar-refractivity contribution in [1.29, 1.82) is 0 Å². The third kappa shape index (κ3) is 2.72. The van der Waals surface area contributed by atoms with E-state index in [-0.39, 0.29) is 0 Å². The van der Waals surface area contributed by atoms with Crippen LogP contribution in [-0.4, -0.2) is 0 Å². The number of fused-ring (bicyclic) bond motifs is 1. The summed E-state index contributed by atoms with van der Waals surface area (Å²) in [5.41, 5.74) is 7.08. The predicted octanol–water partition coefficient (Wildman–Crippen LogP) is 6.59. The van der Waals surface area contributed by atoms with Crippen LogP contribution in [0.15, 0.2) is 46.9 Å². The Morgan fingerprint density at radius 1 is 1.10 bits per heavy atom. The van der Waals surface area contributed by atoms with Gasteiger partial charge in [-0.2, -0.15) is 0 Å². The molecule has 0 saturated carbocycles. The summed E-state index contributed by atoms with van der Waals surface area (Å²) in [6, 6.07) is 13.3. The van der Waals surface area contributed by atoms with Crippen molar-refractivity contribution in [3.8, 4) is 11.1 Å². The Hall–Kier alpha value is -1.34. The van der Waals surface area contributed by atoms with E-state index in [0.717, 1.165) is 6.42 Å². The van der Waals surface area contributed by atoms with Gasteiger partial charge in [0.05, 0.1) is 0 Å². The summed E-state index contributed by atoms with van der Waals surface area (Å²) in [7, 11) is 0. The Bertz CT molecular complexity index is 682. The number of allylic oxidation sites excluding steroid dienone is 1.